The van der Waals surface area contributed by atoms with Gasteiger partial charge in [0.1, 0.15) is 0 Å². The van der Waals surface area contributed by atoms with Crippen molar-refractivity contribution in [2.75, 3.05) is 0 Å². The predicted octanol–water partition coefficient (Wildman–Crippen LogP) is -5.46. The van der Waals surface area contributed by atoms with Crippen LogP contribution in [0.3, 0.4) is 0 Å². The predicted molar refractivity (Wildman–Crippen MR) is 11.3 cm³/mol. The normalized spacial score (nSPS) is 1.33. The summed E-state index contributed by atoms with van der Waals surface area (Å²) in [4.78, 5) is 0. The summed E-state index contributed by atoms with van der Waals surface area (Å²) in [5.41, 5.74) is 0. The third kappa shape index (κ3) is 73.1. The number of hydrogen-bond acceptors (Lipinski definition) is 1. The summed E-state index contributed by atoms with van der Waals surface area (Å²) in [5, 5.41) is 7.32. The molecule has 1 nitrogen and oxygen atoms in total. The molecular weight excluding hydrogens is 263 g/mol. The van der Waals surface area contributed by atoms with Crippen LogP contribution >= 0.6 is 0 Å². The maximum atomic E-state index is 7.32. The molecule has 0 aromatic carbocycles. The fourth-order valence-electron chi connectivity index (χ4n) is 0. The summed E-state index contributed by atoms with van der Waals surface area (Å²) >= 11 is 0. The van der Waals surface area contributed by atoms with Crippen molar-refractivity contribution >= 4 is 0 Å². The fourth-order valence-corrected chi connectivity index (χ4v) is 0. The molecule has 0 aliphatic carbocycles. The molecule has 0 aromatic heterocycles. The molecule has 0 aromatic rings. The summed E-state index contributed by atoms with van der Waals surface area (Å²) in [6.07, 6.45) is 0. The molecule has 0 fully saturated rings. The van der Waals surface area contributed by atoms with E-state index in [-0.39, 0.29) is 53.4 Å². The van der Waals surface area contributed by atoms with Crippen LogP contribution in [-0.4, -0.2) is 0 Å². The number of nitrogens with zero attached hydrogens (tertiary/aromatic N) is 1. The number of halogens is 2. The SMILES string of the molecule is CC#N.[Br-].[Br-].[Zn+2]. The van der Waals surface area contributed by atoms with Gasteiger partial charge in [-0.05, 0) is 0 Å². The summed E-state index contributed by atoms with van der Waals surface area (Å²) in [5.74, 6) is 0. The zero-order valence-electron chi connectivity index (χ0n) is 3.41. The molecule has 0 aliphatic heterocycles. The van der Waals surface area contributed by atoms with Crippen LogP contribution in [0.25, 0.3) is 0 Å². The minimum atomic E-state index is 0. The quantitative estimate of drug-likeness (QED) is 0.401. The molecule has 6 heavy (non-hydrogen) atoms. The Labute approximate surface area is 71.4 Å². The van der Waals surface area contributed by atoms with Crippen molar-refractivity contribution in [3.63, 3.8) is 0 Å². The first-order valence-electron chi connectivity index (χ1n) is 0.724. The molecule has 0 radical (unpaired) electrons. The second kappa shape index (κ2) is 36.4. The second-order valence-corrected chi connectivity index (χ2v) is 0.224. The van der Waals surface area contributed by atoms with E-state index in [1.807, 2.05) is 0 Å². The van der Waals surface area contributed by atoms with E-state index in [4.69, 9.17) is 5.26 Å². The first-order chi connectivity index (χ1) is 1.41. The molecule has 0 saturated heterocycles. The molecule has 0 aliphatic rings. The average molecular weight is 266 g/mol. The van der Waals surface area contributed by atoms with Gasteiger partial charge in [-0.15, -0.1) is 0 Å². The van der Waals surface area contributed by atoms with Crippen LogP contribution in [0.4, 0.5) is 0 Å². The van der Waals surface area contributed by atoms with Gasteiger partial charge in [-0.1, -0.05) is 0 Å². The van der Waals surface area contributed by atoms with Gasteiger partial charge in [0.05, 0.1) is 6.07 Å². The van der Waals surface area contributed by atoms with Gasteiger partial charge >= 0.3 is 19.5 Å². The summed E-state index contributed by atoms with van der Waals surface area (Å²) in [7, 11) is 0. The number of hydrogen-bond donors (Lipinski definition) is 0. The van der Waals surface area contributed by atoms with Crippen molar-refractivity contribution in [2.24, 2.45) is 0 Å². The molecule has 0 atom stereocenters. The molecule has 0 saturated carbocycles. The van der Waals surface area contributed by atoms with E-state index >= 15 is 0 Å². The van der Waals surface area contributed by atoms with E-state index < -0.39 is 0 Å². The molecule has 4 heteroatoms. The smallest absolute Gasteiger partial charge is 1.00 e. The van der Waals surface area contributed by atoms with Crippen LogP contribution in [0.2, 0.25) is 0 Å². The summed E-state index contributed by atoms with van der Waals surface area (Å²) in [6, 6.07) is 1.75. The molecule has 0 unspecified atom stereocenters. The summed E-state index contributed by atoms with van der Waals surface area (Å²) in [6.45, 7) is 1.43. The van der Waals surface area contributed by atoms with Crippen molar-refractivity contribution in [3.8, 4) is 6.07 Å². The Kier molecular flexibility index (Phi) is 167. The molecule has 0 heterocycles. The molecule has 0 N–H and O–H groups in total. The third-order valence-corrected chi connectivity index (χ3v) is 0. The topological polar surface area (TPSA) is 23.8 Å². The average Bonchev–Trinajstić information content (AvgIpc) is 0.918. The van der Waals surface area contributed by atoms with E-state index in [9.17, 15) is 0 Å². The minimum absolute atomic E-state index is 0. The first kappa shape index (κ1) is 27.6. The van der Waals surface area contributed by atoms with E-state index in [0.717, 1.165) is 0 Å². The van der Waals surface area contributed by atoms with E-state index in [1.165, 1.54) is 6.92 Å². The van der Waals surface area contributed by atoms with Crippen molar-refractivity contribution in [2.45, 2.75) is 6.92 Å². The van der Waals surface area contributed by atoms with Gasteiger partial charge in [-0.25, -0.2) is 0 Å². The number of rotatable bonds is 0. The molecular formula is C2H3Br2NZn. The molecule has 32 valence electrons. The molecule has 0 spiro atoms. The maximum absolute atomic E-state index is 7.32. The van der Waals surface area contributed by atoms with Gasteiger partial charge in [-0.3, -0.25) is 0 Å². The minimum Gasteiger partial charge on any atom is -1.00 e. The van der Waals surface area contributed by atoms with Crippen LogP contribution in [0.5, 0.6) is 0 Å². The Morgan fingerprint density at radius 1 is 1.33 bits per heavy atom. The van der Waals surface area contributed by atoms with E-state index in [1.54, 1.807) is 6.07 Å². The Morgan fingerprint density at radius 3 is 1.33 bits per heavy atom. The van der Waals surface area contributed by atoms with Crippen LogP contribution < -0.4 is 34.0 Å². The first-order valence-corrected chi connectivity index (χ1v) is 0.724. The van der Waals surface area contributed by atoms with Gasteiger partial charge in [0.15, 0.2) is 0 Å². The molecule has 0 amide bonds. The van der Waals surface area contributed by atoms with Gasteiger partial charge in [0, 0.05) is 6.92 Å². The Balaban J connectivity index is -0.00000000667. The Morgan fingerprint density at radius 2 is 1.33 bits per heavy atom. The van der Waals surface area contributed by atoms with Crippen LogP contribution in [0, 0.1) is 11.3 Å². The summed E-state index contributed by atoms with van der Waals surface area (Å²) < 4.78 is 0. The van der Waals surface area contributed by atoms with E-state index in [0.29, 0.717) is 0 Å². The van der Waals surface area contributed by atoms with Crippen molar-refractivity contribution in [3.05, 3.63) is 0 Å². The third-order valence-electron chi connectivity index (χ3n) is 0. The Bertz CT molecular complexity index is 33.0. The van der Waals surface area contributed by atoms with Crippen molar-refractivity contribution in [1.29, 1.82) is 5.26 Å². The van der Waals surface area contributed by atoms with Crippen molar-refractivity contribution in [1.82, 2.24) is 0 Å². The van der Waals surface area contributed by atoms with Crippen LogP contribution in [-0.2, 0) is 19.5 Å². The van der Waals surface area contributed by atoms with Gasteiger partial charge in [-0.2, -0.15) is 5.26 Å². The van der Waals surface area contributed by atoms with Gasteiger partial charge < -0.3 is 34.0 Å². The zero-order valence-corrected chi connectivity index (χ0v) is 9.55. The van der Waals surface area contributed by atoms with Gasteiger partial charge in [0.25, 0.3) is 0 Å². The van der Waals surface area contributed by atoms with Crippen LogP contribution in [0.15, 0.2) is 0 Å². The van der Waals surface area contributed by atoms with Crippen molar-refractivity contribution < 1.29 is 53.4 Å². The standard InChI is InChI=1S/C2H3N.2BrH.Zn/c1-2-3;;;/h1H3;2*1H;/q;;;+2/p-2. The van der Waals surface area contributed by atoms with Crippen LogP contribution in [0.1, 0.15) is 6.92 Å². The Hall–Kier alpha value is 1.07. The molecule has 0 bridgehead atoms. The maximum Gasteiger partial charge on any atom is 2.00 e. The number of nitriles is 1. The van der Waals surface area contributed by atoms with Gasteiger partial charge in [0.2, 0.25) is 0 Å². The largest absolute Gasteiger partial charge is 2.00 e. The monoisotopic (exact) mass is 263 g/mol. The fraction of sp³-hybridized carbons (Fsp3) is 0.500. The zero-order chi connectivity index (χ0) is 2.71. The second-order valence-electron chi connectivity index (χ2n) is 0.224. The van der Waals surface area contributed by atoms with E-state index in [2.05, 4.69) is 0 Å². The molecule has 0 rings (SSSR count).